The molecule has 3 rings (SSSR count). The van der Waals surface area contributed by atoms with Crippen molar-refractivity contribution in [1.82, 2.24) is 15.5 Å². The number of rotatable bonds is 6. The Bertz CT molecular complexity index is 719. The highest BCUT2D eigenvalue weighted by atomic mass is 127. The van der Waals surface area contributed by atoms with Crippen molar-refractivity contribution in [3.63, 3.8) is 0 Å². The fraction of sp³-hybridized carbons (Fsp3) is 0.619. The SMILES string of the molecule is CN=C(NCC1(c2ccccc2Cl)CCOCC1)NC1CCN(CC(N)=O)CC1.I. The minimum atomic E-state index is -0.268. The second-order valence-corrected chi connectivity index (χ2v) is 8.37. The summed E-state index contributed by atoms with van der Waals surface area (Å²) in [5, 5.41) is 7.87. The number of nitrogens with one attached hydrogen (secondary N) is 2. The molecule has 7 nitrogen and oxygen atoms in total. The van der Waals surface area contributed by atoms with E-state index >= 15 is 0 Å². The number of nitrogens with two attached hydrogens (primary N) is 1. The Hall–Kier alpha value is -1.10. The highest BCUT2D eigenvalue weighted by Crippen LogP contribution is 2.38. The molecule has 0 bridgehead atoms. The van der Waals surface area contributed by atoms with Gasteiger partial charge in [0, 0.05) is 56.4 Å². The van der Waals surface area contributed by atoms with E-state index in [2.05, 4.69) is 26.6 Å². The lowest BCUT2D eigenvalue weighted by atomic mass is 9.74. The van der Waals surface area contributed by atoms with E-state index in [1.54, 1.807) is 7.05 Å². The first-order chi connectivity index (χ1) is 14.0. The molecular weight excluding hydrogens is 517 g/mol. The van der Waals surface area contributed by atoms with Crippen molar-refractivity contribution in [3.8, 4) is 0 Å². The van der Waals surface area contributed by atoms with Crippen LogP contribution in [0.15, 0.2) is 29.3 Å². The minimum Gasteiger partial charge on any atom is -0.381 e. The monoisotopic (exact) mass is 549 g/mol. The van der Waals surface area contributed by atoms with Crippen LogP contribution in [0.25, 0.3) is 0 Å². The highest BCUT2D eigenvalue weighted by Gasteiger charge is 2.36. The van der Waals surface area contributed by atoms with Gasteiger partial charge in [0.2, 0.25) is 5.91 Å². The zero-order valence-corrected chi connectivity index (χ0v) is 20.6. The minimum absolute atomic E-state index is 0. The van der Waals surface area contributed by atoms with E-state index in [0.29, 0.717) is 12.6 Å². The molecule has 0 unspecified atom stereocenters. The van der Waals surface area contributed by atoms with Crippen LogP contribution in [-0.2, 0) is 14.9 Å². The smallest absolute Gasteiger partial charge is 0.231 e. The lowest BCUT2D eigenvalue weighted by molar-refractivity contribution is -0.119. The third kappa shape index (κ3) is 6.70. The molecule has 2 fully saturated rings. The van der Waals surface area contributed by atoms with E-state index in [1.165, 1.54) is 5.56 Å². The number of piperidine rings is 1. The van der Waals surface area contributed by atoms with E-state index in [1.807, 2.05) is 18.2 Å². The molecule has 9 heteroatoms. The summed E-state index contributed by atoms with van der Waals surface area (Å²) in [6.45, 7) is 4.27. The molecule has 0 atom stereocenters. The van der Waals surface area contributed by atoms with E-state index in [9.17, 15) is 4.79 Å². The largest absolute Gasteiger partial charge is 0.381 e. The molecule has 0 aromatic heterocycles. The second-order valence-electron chi connectivity index (χ2n) is 7.96. The van der Waals surface area contributed by atoms with Gasteiger partial charge in [-0.3, -0.25) is 14.7 Å². The van der Waals surface area contributed by atoms with Crippen molar-refractivity contribution in [3.05, 3.63) is 34.9 Å². The molecule has 1 aromatic rings. The molecule has 1 aromatic carbocycles. The van der Waals surface area contributed by atoms with Gasteiger partial charge in [-0.2, -0.15) is 0 Å². The van der Waals surface area contributed by atoms with Gasteiger partial charge >= 0.3 is 0 Å². The Kier molecular flexibility index (Phi) is 10.1. The fourth-order valence-electron chi connectivity index (χ4n) is 4.29. The first-order valence-corrected chi connectivity index (χ1v) is 10.7. The van der Waals surface area contributed by atoms with Crippen LogP contribution in [-0.4, -0.2) is 69.2 Å². The number of nitrogens with zero attached hydrogens (tertiary/aromatic N) is 2. The Morgan fingerprint density at radius 2 is 1.97 bits per heavy atom. The first kappa shape index (κ1) is 25.2. The molecule has 2 saturated heterocycles. The van der Waals surface area contributed by atoms with Crippen molar-refractivity contribution >= 4 is 47.4 Å². The Labute approximate surface area is 201 Å². The van der Waals surface area contributed by atoms with Gasteiger partial charge in [-0.05, 0) is 37.3 Å². The summed E-state index contributed by atoms with van der Waals surface area (Å²) in [6.07, 6.45) is 3.76. The van der Waals surface area contributed by atoms with Gasteiger partial charge in [0.25, 0.3) is 0 Å². The molecule has 4 N–H and O–H groups in total. The van der Waals surface area contributed by atoms with Crippen molar-refractivity contribution in [2.45, 2.75) is 37.1 Å². The average Bonchev–Trinajstić information content (AvgIpc) is 2.73. The molecule has 0 spiro atoms. The topological polar surface area (TPSA) is 92.0 Å². The molecule has 0 radical (unpaired) electrons. The van der Waals surface area contributed by atoms with Crippen molar-refractivity contribution in [2.75, 3.05) is 46.4 Å². The van der Waals surface area contributed by atoms with Gasteiger partial charge in [0.15, 0.2) is 5.96 Å². The maximum atomic E-state index is 11.1. The summed E-state index contributed by atoms with van der Waals surface area (Å²) in [7, 11) is 1.80. The van der Waals surface area contributed by atoms with Crippen LogP contribution in [0.4, 0.5) is 0 Å². The van der Waals surface area contributed by atoms with Crippen LogP contribution >= 0.6 is 35.6 Å². The average molecular weight is 550 g/mol. The number of primary amides is 1. The molecular formula is C21H33ClIN5O2. The number of halogens is 2. The normalized spacial score (nSPS) is 20.3. The van der Waals surface area contributed by atoms with Gasteiger partial charge < -0.3 is 21.1 Å². The number of carbonyl (C=O) groups excluding carboxylic acids is 1. The number of ether oxygens (including phenoxy) is 1. The van der Waals surface area contributed by atoms with Crippen LogP contribution in [0.3, 0.4) is 0 Å². The third-order valence-corrected chi connectivity index (χ3v) is 6.35. The van der Waals surface area contributed by atoms with Gasteiger partial charge in [0.05, 0.1) is 6.54 Å². The predicted molar refractivity (Wildman–Crippen MR) is 132 cm³/mol. The Balaban J connectivity index is 0.00000320. The molecule has 2 heterocycles. The van der Waals surface area contributed by atoms with Crippen LogP contribution in [0, 0.1) is 0 Å². The molecule has 0 aliphatic carbocycles. The standard InChI is InChI=1S/C21H32ClN5O2.HI/c1-24-20(26-16-6-10-27(11-7-16)14-19(23)28)25-15-21(8-12-29-13-9-21)17-4-2-3-5-18(17)22;/h2-5,16H,6-15H2,1H3,(H2,23,28)(H2,24,25,26);1H. The maximum absolute atomic E-state index is 11.1. The zero-order valence-electron chi connectivity index (χ0n) is 17.5. The number of aliphatic imine (C=N–C) groups is 1. The number of likely N-dealkylation sites (tertiary alicyclic amines) is 1. The number of hydrogen-bond acceptors (Lipinski definition) is 4. The molecule has 168 valence electrons. The molecule has 1 amide bonds. The third-order valence-electron chi connectivity index (χ3n) is 6.02. The molecule has 30 heavy (non-hydrogen) atoms. The van der Waals surface area contributed by atoms with E-state index < -0.39 is 0 Å². The summed E-state index contributed by atoms with van der Waals surface area (Å²) in [5.41, 5.74) is 6.40. The fourth-order valence-corrected chi connectivity index (χ4v) is 4.63. The van der Waals surface area contributed by atoms with Gasteiger partial charge in [-0.15, -0.1) is 24.0 Å². The number of guanidine groups is 1. The predicted octanol–water partition coefficient (Wildman–Crippen LogP) is 2.12. The lowest BCUT2D eigenvalue weighted by Crippen LogP contribution is -2.52. The van der Waals surface area contributed by atoms with Gasteiger partial charge in [-0.25, -0.2) is 0 Å². The van der Waals surface area contributed by atoms with E-state index in [4.69, 9.17) is 22.1 Å². The summed E-state index contributed by atoms with van der Waals surface area (Å²) >= 11 is 6.55. The second kappa shape index (κ2) is 12.1. The summed E-state index contributed by atoms with van der Waals surface area (Å²) in [6, 6.07) is 8.43. The maximum Gasteiger partial charge on any atom is 0.231 e. The summed E-state index contributed by atoms with van der Waals surface area (Å²) < 4.78 is 5.62. The number of carbonyl (C=O) groups is 1. The van der Waals surface area contributed by atoms with Crippen molar-refractivity contribution in [2.24, 2.45) is 10.7 Å². The number of amides is 1. The molecule has 2 aliphatic heterocycles. The highest BCUT2D eigenvalue weighted by molar-refractivity contribution is 14.0. The Morgan fingerprint density at radius 3 is 2.57 bits per heavy atom. The quantitative estimate of drug-likeness (QED) is 0.287. The first-order valence-electron chi connectivity index (χ1n) is 10.3. The van der Waals surface area contributed by atoms with E-state index in [-0.39, 0.29) is 35.3 Å². The molecule has 2 aliphatic rings. The van der Waals surface area contributed by atoms with Crippen molar-refractivity contribution in [1.29, 1.82) is 0 Å². The zero-order chi connectivity index (χ0) is 20.7. The van der Waals surface area contributed by atoms with Gasteiger partial charge in [0.1, 0.15) is 0 Å². The molecule has 0 saturated carbocycles. The number of hydrogen-bond donors (Lipinski definition) is 3. The van der Waals surface area contributed by atoms with Crippen LogP contribution in [0.5, 0.6) is 0 Å². The Morgan fingerprint density at radius 1 is 1.30 bits per heavy atom. The van der Waals surface area contributed by atoms with E-state index in [0.717, 1.165) is 69.5 Å². The summed E-state index contributed by atoms with van der Waals surface area (Å²) in [5.74, 6) is 0.534. The van der Waals surface area contributed by atoms with Crippen LogP contribution < -0.4 is 16.4 Å². The summed E-state index contributed by atoms with van der Waals surface area (Å²) in [4.78, 5) is 17.6. The van der Waals surface area contributed by atoms with Crippen LogP contribution in [0.2, 0.25) is 5.02 Å². The number of benzene rings is 1. The lowest BCUT2D eigenvalue weighted by Gasteiger charge is -2.39. The van der Waals surface area contributed by atoms with Gasteiger partial charge in [-0.1, -0.05) is 29.8 Å². The van der Waals surface area contributed by atoms with Crippen molar-refractivity contribution < 1.29 is 9.53 Å². The van der Waals surface area contributed by atoms with Crippen LogP contribution in [0.1, 0.15) is 31.2 Å².